The molecule has 3 aromatic rings. The summed E-state index contributed by atoms with van der Waals surface area (Å²) in [6, 6.07) is 17.4. The smallest absolute Gasteiger partial charge is 0.0748 e. The topological polar surface area (TPSA) is 42.2 Å². The molecule has 0 saturated carbocycles. The standard InChI is InChI=1S/C16H13ClN4/c17-15-8-4-5-9-16(15)20-18-10-13-11-19-21(12-13)14-6-2-1-3-7-14/h1-12,20H/b18-10-. The van der Waals surface area contributed by atoms with Gasteiger partial charge in [-0.2, -0.15) is 10.2 Å². The SMILES string of the molecule is Clc1ccccc1N/N=C\c1cnn(-c2ccccc2)c1. The second-order valence-electron chi connectivity index (χ2n) is 4.40. The van der Waals surface area contributed by atoms with E-state index in [1.165, 1.54) is 0 Å². The van der Waals surface area contributed by atoms with Crippen LogP contribution in [0.4, 0.5) is 5.69 Å². The van der Waals surface area contributed by atoms with Gasteiger partial charge >= 0.3 is 0 Å². The fraction of sp³-hybridized carbons (Fsp3) is 0. The Bertz CT molecular complexity index is 750. The van der Waals surface area contributed by atoms with Gasteiger partial charge in [-0.15, -0.1) is 0 Å². The highest BCUT2D eigenvalue weighted by Crippen LogP contribution is 2.20. The number of benzene rings is 2. The fourth-order valence-electron chi connectivity index (χ4n) is 1.85. The van der Waals surface area contributed by atoms with E-state index >= 15 is 0 Å². The lowest BCUT2D eigenvalue weighted by molar-refractivity contribution is 0.880. The van der Waals surface area contributed by atoms with Crippen molar-refractivity contribution in [1.82, 2.24) is 9.78 Å². The molecule has 2 aromatic carbocycles. The first kappa shape index (κ1) is 13.4. The van der Waals surface area contributed by atoms with E-state index < -0.39 is 0 Å². The minimum atomic E-state index is 0.634. The highest BCUT2D eigenvalue weighted by Gasteiger charge is 1.99. The molecule has 1 heterocycles. The first-order valence-electron chi connectivity index (χ1n) is 6.46. The van der Waals surface area contributed by atoms with Gasteiger partial charge in [0.1, 0.15) is 0 Å². The Balaban J connectivity index is 1.70. The summed E-state index contributed by atoms with van der Waals surface area (Å²) in [7, 11) is 0. The Hall–Kier alpha value is -2.59. The van der Waals surface area contributed by atoms with Gasteiger partial charge in [-0.1, -0.05) is 41.9 Å². The summed E-state index contributed by atoms with van der Waals surface area (Å²) in [4.78, 5) is 0. The quantitative estimate of drug-likeness (QED) is 0.584. The Morgan fingerprint density at radius 2 is 1.81 bits per heavy atom. The van der Waals surface area contributed by atoms with Gasteiger partial charge < -0.3 is 0 Å². The van der Waals surface area contributed by atoms with Crippen LogP contribution in [-0.4, -0.2) is 16.0 Å². The molecule has 0 unspecified atom stereocenters. The van der Waals surface area contributed by atoms with Crippen molar-refractivity contribution in [3.05, 3.63) is 77.6 Å². The molecular formula is C16H13ClN4. The zero-order chi connectivity index (χ0) is 14.5. The van der Waals surface area contributed by atoms with Gasteiger partial charge in [0.2, 0.25) is 0 Å². The zero-order valence-corrected chi connectivity index (χ0v) is 11.9. The average Bonchev–Trinajstić information content (AvgIpc) is 2.99. The van der Waals surface area contributed by atoms with E-state index in [9.17, 15) is 0 Å². The molecule has 0 aliphatic heterocycles. The van der Waals surface area contributed by atoms with Crippen LogP contribution in [0.15, 0.2) is 72.1 Å². The van der Waals surface area contributed by atoms with Gasteiger partial charge in [-0.25, -0.2) is 4.68 Å². The first-order valence-corrected chi connectivity index (χ1v) is 6.84. The van der Waals surface area contributed by atoms with Crippen LogP contribution in [0.1, 0.15) is 5.56 Å². The monoisotopic (exact) mass is 296 g/mol. The maximum atomic E-state index is 6.04. The number of halogens is 1. The minimum Gasteiger partial charge on any atom is -0.277 e. The molecule has 1 N–H and O–H groups in total. The van der Waals surface area contributed by atoms with Crippen molar-refractivity contribution >= 4 is 23.5 Å². The van der Waals surface area contributed by atoms with Gasteiger partial charge in [0.05, 0.1) is 28.8 Å². The minimum absolute atomic E-state index is 0.634. The number of hydrogen-bond acceptors (Lipinski definition) is 3. The van der Waals surface area contributed by atoms with Gasteiger partial charge in [-0.3, -0.25) is 5.43 Å². The Labute approximate surface area is 127 Å². The highest BCUT2D eigenvalue weighted by molar-refractivity contribution is 6.33. The van der Waals surface area contributed by atoms with E-state index in [0.29, 0.717) is 5.02 Å². The average molecular weight is 297 g/mol. The predicted octanol–water partition coefficient (Wildman–Crippen LogP) is 3.97. The molecule has 21 heavy (non-hydrogen) atoms. The Kier molecular flexibility index (Phi) is 3.98. The third kappa shape index (κ3) is 3.30. The number of anilines is 1. The predicted molar refractivity (Wildman–Crippen MR) is 86.2 cm³/mol. The van der Waals surface area contributed by atoms with E-state index in [2.05, 4.69) is 15.6 Å². The Morgan fingerprint density at radius 1 is 1.05 bits per heavy atom. The summed E-state index contributed by atoms with van der Waals surface area (Å²) in [5, 5.41) is 9.10. The molecule has 0 bridgehead atoms. The van der Waals surface area contributed by atoms with Crippen LogP contribution in [0.2, 0.25) is 5.02 Å². The molecule has 0 atom stereocenters. The molecule has 0 amide bonds. The summed E-state index contributed by atoms with van der Waals surface area (Å²) in [5.41, 5.74) is 5.59. The number of nitrogens with zero attached hydrogens (tertiary/aromatic N) is 3. The van der Waals surface area contributed by atoms with Crippen molar-refractivity contribution in [3.8, 4) is 5.69 Å². The summed E-state index contributed by atoms with van der Waals surface area (Å²) in [6.07, 6.45) is 5.37. The first-order chi connectivity index (χ1) is 10.3. The third-order valence-corrected chi connectivity index (χ3v) is 3.23. The summed E-state index contributed by atoms with van der Waals surface area (Å²) in [5.74, 6) is 0. The van der Waals surface area contributed by atoms with Crippen molar-refractivity contribution in [3.63, 3.8) is 0 Å². The largest absolute Gasteiger partial charge is 0.277 e. The van der Waals surface area contributed by atoms with E-state index in [4.69, 9.17) is 11.6 Å². The fourth-order valence-corrected chi connectivity index (χ4v) is 2.03. The van der Waals surface area contributed by atoms with E-state index in [1.807, 2.05) is 60.8 Å². The molecule has 5 heteroatoms. The van der Waals surface area contributed by atoms with Crippen LogP contribution in [0.25, 0.3) is 5.69 Å². The van der Waals surface area contributed by atoms with E-state index in [-0.39, 0.29) is 0 Å². The van der Waals surface area contributed by atoms with Crippen molar-refractivity contribution in [2.24, 2.45) is 5.10 Å². The van der Waals surface area contributed by atoms with Crippen molar-refractivity contribution in [2.45, 2.75) is 0 Å². The maximum Gasteiger partial charge on any atom is 0.0748 e. The lowest BCUT2D eigenvalue weighted by Crippen LogP contribution is -1.93. The molecule has 1 aromatic heterocycles. The van der Waals surface area contributed by atoms with Crippen LogP contribution >= 0.6 is 11.6 Å². The molecule has 0 radical (unpaired) electrons. The van der Waals surface area contributed by atoms with Gasteiger partial charge in [0, 0.05) is 11.8 Å². The number of hydrogen-bond donors (Lipinski definition) is 1. The molecule has 0 aliphatic carbocycles. The van der Waals surface area contributed by atoms with Crippen molar-refractivity contribution < 1.29 is 0 Å². The van der Waals surface area contributed by atoms with Crippen LogP contribution < -0.4 is 5.43 Å². The molecule has 104 valence electrons. The van der Waals surface area contributed by atoms with Crippen molar-refractivity contribution in [2.75, 3.05) is 5.43 Å². The number of hydrazone groups is 1. The maximum absolute atomic E-state index is 6.04. The molecule has 0 spiro atoms. The molecule has 3 rings (SSSR count). The molecule has 4 nitrogen and oxygen atoms in total. The van der Waals surface area contributed by atoms with Gasteiger partial charge in [-0.05, 0) is 24.3 Å². The zero-order valence-electron chi connectivity index (χ0n) is 11.1. The van der Waals surface area contributed by atoms with E-state index in [1.54, 1.807) is 17.1 Å². The van der Waals surface area contributed by atoms with Crippen LogP contribution in [-0.2, 0) is 0 Å². The summed E-state index contributed by atoms with van der Waals surface area (Å²) >= 11 is 6.04. The normalized spacial score (nSPS) is 10.9. The third-order valence-electron chi connectivity index (χ3n) is 2.90. The summed E-state index contributed by atoms with van der Waals surface area (Å²) in [6.45, 7) is 0. The highest BCUT2D eigenvalue weighted by atomic mass is 35.5. The van der Waals surface area contributed by atoms with E-state index in [0.717, 1.165) is 16.9 Å². The number of para-hydroxylation sites is 2. The lowest BCUT2D eigenvalue weighted by atomic mass is 10.3. The van der Waals surface area contributed by atoms with Gasteiger partial charge in [0.25, 0.3) is 0 Å². The molecule has 0 saturated heterocycles. The summed E-state index contributed by atoms with van der Waals surface area (Å²) < 4.78 is 1.80. The second-order valence-corrected chi connectivity index (χ2v) is 4.81. The number of nitrogens with one attached hydrogen (secondary N) is 1. The van der Waals surface area contributed by atoms with Gasteiger partial charge in [0.15, 0.2) is 0 Å². The van der Waals surface area contributed by atoms with Crippen LogP contribution in [0.3, 0.4) is 0 Å². The Morgan fingerprint density at radius 3 is 2.62 bits per heavy atom. The second kappa shape index (κ2) is 6.24. The number of aromatic nitrogens is 2. The van der Waals surface area contributed by atoms with Crippen molar-refractivity contribution in [1.29, 1.82) is 0 Å². The molecule has 0 aliphatic rings. The lowest BCUT2D eigenvalue weighted by Gasteiger charge is -2.01. The molecule has 0 fully saturated rings. The molecular weight excluding hydrogens is 284 g/mol. The van der Waals surface area contributed by atoms with Crippen LogP contribution in [0.5, 0.6) is 0 Å². The number of rotatable bonds is 4. The van der Waals surface area contributed by atoms with Crippen LogP contribution in [0, 0.1) is 0 Å².